The van der Waals surface area contributed by atoms with E-state index in [1.54, 1.807) is 14.2 Å². The van der Waals surface area contributed by atoms with Crippen LogP contribution in [0.4, 0.5) is 0 Å². The van der Waals surface area contributed by atoms with Gasteiger partial charge in [-0.15, -0.1) is 12.4 Å². The number of benzene rings is 1. The van der Waals surface area contributed by atoms with Crippen LogP contribution in [0.15, 0.2) is 6.07 Å². The summed E-state index contributed by atoms with van der Waals surface area (Å²) in [7, 11) is 3.20. The number of methoxy groups -OCH3 is 2. The van der Waals surface area contributed by atoms with Crippen LogP contribution in [-0.4, -0.2) is 27.1 Å². The zero-order valence-corrected chi connectivity index (χ0v) is 11.5. The van der Waals surface area contributed by atoms with E-state index in [1.165, 1.54) is 0 Å². The van der Waals surface area contributed by atoms with Gasteiger partial charge in [-0.25, -0.2) is 0 Å². The zero-order chi connectivity index (χ0) is 12.4. The number of ether oxygens (including phenoxy) is 4. The smallest absolute Gasteiger partial charge is 0.231 e. The number of hydrogen-bond donors (Lipinski definition) is 1. The third kappa shape index (κ3) is 2.57. The molecule has 0 aromatic heterocycles. The topological polar surface area (TPSA) is 62.9 Å². The summed E-state index contributed by atoms with van der Waals surface area (Å²) in [5.41, 5.74) is 6.78. The van der Waals surface area contributed by atoms with Gasteiger partial charge in [-0.2, -0.15) is 0 Å². The Morgan fingerprint density at radius 1 is 1.28 bits per heavy atom. The van der Waals surface area contributed by atoms with Crippen molar-refractivity contribution in [3.05, 3.63) is 11.6 Å². The average Bonchev–Trinajstić information content (AvgIpc) is 2.76. The normalized spacial score (nSPS) is 13.8. The van der Waals surface area contributed by atoms with Crippen molar-refractivity contribution in [1.29, 1.82) is 0 Å². The number of hydrogen-bond acceptors (Lipinski definition) is 5. The van der Waals surface area contributed by atoms with Crippen LogP contribution in [-0.2, 0) is 6.42 Å². The third-order valence-corrected chi connectivity index (χ3v) is 2.61. The molecule has 5 nitrogen and oxygen atoms in total. The van der Waals surface area contributed by atoms with Gasteiger partial charge in [0.25, 0.3) is 0 Å². The Bertz CT molecular complexity index is 423. The minimum atomic E-state index is 0. The van der Waals surface area contributed by atoms with Gasteiger partial charge in [-0.3, -0.25) is 0 Å². The Labute approximate surface area is 113 Å². The second kappa shape index (κ2) is 6.02. The first kappa shape index (κ1) is 14.7. The molecule has 0 radical (unpaired) electrons. The van der Waals surface area contributed by atoms with Crippen LogP contribution < -0.4 is 24.7 Å². The molecule has 0 saturated heterocycles. The Kier molecular flexibility index (Phi) is 4.93. The SMILES string of the molecule is COc1cc(CC(C)N)c(OC)c2c1OCO2.Cl. The molecule has 0 saturated carbocycles. The summed E-state index contributed by atoms with van der Waals surface area (Å²) in [5.74, 6) is 2.52. The molecule has 0 amide bonds. The van der Waals surface area contributed by atoms with Crippen molar-refractivity contribution >= 4 is 12.4 Å². The summed E-state index contributed by atoms with van der Waals surface area (Å²) in [6, 6.07) is 1.92. The molecule has 102 valence electrons. The van der Waals surface area contributed by atoms with Gasteiger partial charge in [0.2, 0.25) is 18.3 Å². The van der Waals surface area contributed by atoms with Gasteiger partial charge >= 0.3 is 0 Å². The molecular weight excluding hydrogens is 258 g/mol. The molecule has 1 aromatic rings. The van der Waals surface area contributed by atoms with Crippen LogP contribution in [0.1, 0.15) is 12.5 Å². The van der Waals surface area contributed by atoms with Gasteiger partial charge in [-0.05, 0) is 19.4 Å². The highest BCUT2D eigenvalue weighted by Gasteiger charge is 2.27. The summed E-state index contributed by atoms with van der Waals surface area (Å²) in [4.78, 5) is 0. The summed E-state index contributed by atoms with van der Waals surface area (Å²) >= 11 is 0. The minimum absolute atomic E-state index is 0. The molecule has 18 heavy (non-hydrogen) atoms. The number of fused-ring (bicyclic) bond motifs is 1. The highest BCUT2D eigenvalue weighted by atomic mass is 35.5. The van der Waals surface area contributed by atoms with E-state index in [1.807, 2.05) is 13.0 Å². The van der Waals surface area contributed by atoms with Crippen molar-refractivity contribution in [2.75, 3.05) is 21.0 Å². The van der Waals surface area contributed by atoms with Gasteiger partial charge < -0.3 is 24.7 Å². The van der Waals surface area contributed by atoms with Crippen LogP contribution >= 0.6 is 12.4 Å². The summed E-state index contributed by atoms with van der Waals surface area (Å²) in [6.07, 6.45) is 0.691. The molecule has 1 atom stereocenters. The van der Waals surface area contributed by atoms with Crippen molar-refractivity contribution in [3.8, 4) is 23.0 Å². The van der Waals surface area contributed by atoms with Crippen LogP contribution in [0.3, 0.4) is 0 Å². The third-order valence-electron chi connectivity index (χ3n) is 2.61. The fraction of sp³-hybridized carbons (Fsp3) is 0.500. The average molecular weight is 276 g/mol. The lowest BCUT2D eigenvalue weighted by molar-refractivity contribution is 0.168. The second-order valence-corrected chi connectivity index (χ2v) is 4.02. The Hall–Kier alpha value is -1.33. The first-order valence-corrected chi connectivity index (χ1v) is 5.46. The first-order chi connectivity index (χ1) is 8.17. The Morgan fingerprint density at radius 3 is 2.50 bits per heavy atom. The molecule has 0 bridgehead atoms. The molecule has 6 heteroatoms. The highest BCUT2D eigenvalue weighted by Crippen LogP contribution is 2.49. The van der Waals surface area contributed by atoms with E-state index in [-0.39, 0.29) is 25.2 Å². The van der Waals surface area contributed by atoms with E-state index in [2.05, 4.69) is 0 Å². The molecule has 0 spiro atoms. The fourth-order valence-electron chi connectivity index (χ4n) is 1.94. The van der Waals surface area contributed by atoms with E-state index in [4.69, 9.17) is 24.7 Å². The van der Waals surface area contributed by atoms with Gasteiger partial charge in [-0.1, -0.05) is 0 Å². The van der Waals surface area contributed by atoms with E-state index >= 15 is 0 Å². The minimum Gasteiger partial charge on any atom is -0.493 e. The predicted molar refractivity (Wildman–Crippen MR) is 70.3 cm³/mol. The van der Waals surface area contributed by atoms with Crippen LogP contribution in [0, 0.1) is 0 Å². The number of nitrogens with two attached hydrogens (primary N) is 1. The van der Waals surface area contributed by atoms with Crippen molar-refractivity contribution in [1.82, 2.24) is 0 Å². The predicted octanol–water partition coefficient (Wildman–Crippen LogP) is 1.74. The quantitative estimate of drug-likeness (QED) is 0.907. The molecule has 1 heterocycles. The van der Waals surface area contributed by atoms with Crippen molar-refractivity contribution < 1.29 is 18.9 Å². The molecule has 2 rings (SSSR count). The Balaban J connectivity index is 0.00000162. The van der Waals surface area contributed by atoms with Crippen molar-refractivity contribution in [2.45, 2.75) is 19.4 Å². The van der Waals surface area contributed by atoms with Crippen molar-refractivity contribution in [2.24, 2.45) is 5.73 Å². The van der Waals surface area contributed by atoms with E-state index in [9.17, 15) is 0 Å². The number of rotatable bonds is 4. The molecule has 0 fully saturated rings. The van der Waals surface area contributed by atoms with Gasteiger partial charge in [0.05, 0.1) is 14.2 Å². The zero-order valence-electron chi connectivity index (χ0n) is 10.7. The lowest BCUT2D eigenvalue weighted by atomic mass is 10.0. The monoisotopic (exact) mass is 275 g/mol. The van der Waals surface area contributed by atoms with E-state index in [0.29, 0.717) is 29.4 Å². The molecule has 0 aliphatic carbocycles. The van der Waals surface area contributed by atoms with Crippen LogP contribution in [0.5, 0.6) is 23.0 Å². The fourth-order valence-corrected chi connectivity index (χ4v) is 1.94. The maximum Gasteiger partial charge on any atom is 0.231 e. The van der Waals surface area contributed by atoms with Gasteiger partial charge in [0.15, 0.2) is 11.5 Å². The Morgan fingerprint density at radius 2 is 1.94 bits per heavy atom. The number of halogens is 1. The van der Waals surface area contributed by atoms with Gasteiger partial charge in [0.1, 0.15) is 0 Å². The first-order valence-electron chi connectivity index (χ1n) is 5.46. The van der Waals surface area contributed by atoms with E-state index in [0.717, 1.165) is 5.56 Å². The standard InChI is InChI=1S/C12H17NO4.ClH/c1-7(13)4-8-5-9(14-2)11-12(10(8)15-3)17-6-16-11;/h5,7H,4,6,13H2,1-3H3;1H. The largest absolute Gasteiger partial charge is 0.493 e. The van der Waals surface area contributed by atoms with Gasteiger partial charge in [0, 0.05) is 11.6 Å². The lowest BCUT2D eigenvalue weighted by Crippen LogP contribution is -2.18. The summed E-state index contributed by atoms with van der Waals surface area (Å²) in [6.45, 7) is 2.13. The maximum atomic E-state index is 5.82. The van der Waals surface area contributed by atoms with E-state index < -0.39 is 0 Å². The highest BCUT2D eigenvalue weighted by molar-refractivity contribution is 5.85. The molecule has 1 aliphatic heterocycles. The maximum absolute atomic E-state index is 5.82. The lowest BCUT2D eigenvalue weighted by Gasteiger charge is -2.15. The molecule has 1 aromatic carbocycles. The molecule has 1 unspecified atom stereocenters. The molecule has 1 aliphatic rings. The second-order valence-electron chi connectivity index (χ2n) is 4.02. The van der Waals surface area contributed by atoms with Crippen LogP contribution in [0.25, 0.3) is 0 Å². The molecule has 2 N–H and O–H groups in total. The van der Waals surface area contributed by atoms with Crippen molar-refractivity contribution in [3.63, 3.8) is 0 Å². The molecular formula is C12H18ClNO4. The summed E-state index contributed by atoms with van der Waals surface area (Å²) in [5, 5.41) is 0. The summed E-state index contributed by atoms with van der Waals surface area (Å²) < 4.78 is 21.4. The van der Waals surface area contributed by atoms with Crippen LogP contribution in [0.2, 0.25) is 0 Å².